The molecule has 1 fully saturated rings. The highest BCUT2D eigenvalue weighted by Gasteiger charge is 2.45. The number of hydrogen-bond acceptors (Lipinski definition) is 12. The molecule has 19 heteroatoms. The lowest BCUT2D eigenvalue weighted by Crippen LogP contribution is -2.44. The van der Waals surface area contributed by atoms with Crippen molar-refractivity contribution in [2.45, 2.75) is 43.4 Å². The summed E-state index contributed by atoms with van der Waals surface area (Å²) in [6.45, 7) is -1.74. The van der Waals surface area contributed by atoms with Crippen LogP contribution in [0.5, 0.6) is 6.01 Å². The van der Waals surface area contributed by atoms with Crippen LogP contribution in [-0.4, -0.2) is 80.5 Å². The van der Waals surface area contributed by atoms with Crippen LogP contribution in [0.15, 0.2) is 60.9 Å². The zero-order valence-electron chi connectivity index (χ0n) is 27.8. The van der Waals surface area contributed by atoms with Gasteiger partial charge >= 0.3 is 18.2 Å². The smallest absolute Gasteiger partial charge is 0.422 e. The number of methoxy groups -OCH3 is 1. The molecule has 1 saturated carbocycles. The number of aryl methyl sites for hydroxylation is 1. The van der Waals surface area contributed by atoms with Gasteiger partial charge in [-0.2, -0.15) is 28.1 Å². The molecule has 1 aliphatic rings. The van der Waals surface area contributed by atoms with Gasteiger partial charge in [-0.05, 0) is 61.2 Å². The monoisotopic (exact) mass is 743 g/mol. The van der Waals surface area contributed by atoms with Crippen molar-refractivity contribution in [2.24, 2.45) is 7.05 Å². The first kappa shape index (κ1) is 37.5. The minimum atomic E-state index is -4.63. The Balaban J connectivity index is 1.22. The van der Waals surface area contributed by atoms with Crippen LogP contribution in [0.1, 0.15) is 41.0 Å². The fraction of sp³-hybridized carbons (Fsp3) is 0.333. The molecule has 4 aromatic rings. The SMILES string of the molecule is COC(=O)[C@H](CCNC(=O)C(=O)Cc1nccn1C)NC(=O)c1ccc(Nc2nc(NC3(c4ccc(Cl)cc4)CC3)nc(OCC(F)(F)F)n2)cc1. The van der Waals surface area contributed by atoms with Crippen molar-refractivity contribution in [3.8, 4) is 6.01 Å². The van der Waals surface area contributed by atoms with Gasteiger partial charge in [0.05, 0.1) is 19.1 Å². The quantitative estimate of drug-likeness (QED) is 0.0965. The maximum atomic E-state index is 13.0. The van der Waals surface area contributed by atoms with Gasteiger partial charge < -0.3 is 35.3 Å². The van der Waals surface area contributed by atoms with Crippen molar-refractivity contribution < 1.29 is 41.8 Å². The number of nitrogens with one attached hydrogen (secondary N) is 4. The zero-order valence-corrected chi connectivity index (χ0v) is 28.5. The van der Waals surface area contributed by atoms with E-state index in [9.17, 15) is 32.3 Å². The summed E-state index contributed by atoms with van der Waals surface area (Å²) in [5.41, 5.74) is 0.838. The molecule has 2 aromatic carbocycles. The van der Waals surface area contributed by atoms with Crippen molar-refractivity contribution in [1.82, 2.24) is 35.1 Å². The molecule has 52 heavy (non-hydrogen) atoms. The van der Waals surface area contributed by atoms with E-state index in [0.29, 0.717) is 29.4 Å². The number of Topliss-reactive ketones (excluding diaryl/α,β-unsaturated/α-hetero) is 1. The van der Waals surface area contributed by atoms with Crippen LogP contribution >= 0.6 is 11.6 Å². The summed E-state index contributed by atoms with van der Waals surface area (Å²) in [5, 5.41) is 11.6. The number of carbonyl (C=O) groups is 4. The molecule has 2 heterocycles. The van der Waals surface area contributed by atoms with Crippen molar-refractivity contribution in [1.29, 1.82) is 0 Å². The number of amides is 2. The molecule has 0 saturated heterocycles. The van der Waals surface area contributed by atoms with Crippen molar-refractivity contribution in [2.75, 3.05) is 30.9 Å². The lowest BCUT2D eigenvalue weighted by molar-refractivity contribution is -0.154. The number of rotatable bonds is 16. The van der Waals surface area contributed by atoms with Gasteiger partial charge in [0.2, 0.25) is 17.7 Å². The molecule has 0 aliphatic heterocycles. The van der Waals surface area contributed by atoms with Gasteiger partial charge in [-0.15, -0.1) is 0 Å². The third kappa shape index (κ3) is 10.1. The number of benzene rings is 2. The van der Waals surface area contributed by atoms with Gasteiger partial charge in [0.15, 0.2) is 6.61 Å². The predicted octanol–water partition coefficient (Wildman–Crippen LogP) is 3.63. The lowest BCUT2D eigenvalue weighted by Gasteiger charge is -2.19. The van der Waals surface area contributed by atoms with Crippen molar-refractivity contribution in [3.63, 3.8) is 0 Å². The Hall–Kier alpha value is -5.78. The molecule has 2 aromatic heterocycles. The molecule has 5 rings (SSSR count). The average Bonchev–Trinajstić information content (AvgIpc) is 3.78. The van der Waals surface area contributed by atoms with E-state index in [2.05, 4.69) is 41.2 Å². The largest absolute Gasteiger partial charge is 0.467 e. The highest BCUT2D eigenvalue weighted by molar-refractivity contribution is 6.36. The number of ketones is 1. The number of halogens is 4. The summed E-state index contributed by atoms with van der Waals surface area (Å²) in [7, 11) is 2.83. The van der Waals surface area contributed by atoms with E-state index in [4.69, 9.17) is 21.1 Å². The molecule has 274 valence electrons. The van der Waals surface area contributed by atoms with Crippen LogP contribution in [0.2, 0.25) is 5.02 Å². The second kappa shape index (κ2) is 16.1. The molecule has 2 amide bonds. The summed E-state index contributed by atoms with van der Waals surface area (Å²) in [6.07, 6.45) is -0.353. The number of imidazole rings is 1. The summed E-state index contributed by atoms with van der Waals surface area (Å²) in [4.78, 5) is 66.3. The van der Waals surface area contributed by atoms with E-state index in [-0.39, 0.29) is 36.8 Å². The van der Waals surface area contributed by atoms with E-state index in [1.165, 1.54) is 30.5 Å². The molecule has 1 atom stereocenters. The highest BCUT2D eigenvalue weighted by atomic mass is 35.5. The molecule has 0 spiro atoms. The third-order valence-electron chi connectivity index (χ3n) is 7.88. The van der Waals surface area contributed by atoms with E-state index in [1.54, 1.807) is 29.9 Å². The Morgan fingerprint density at radius 1 is 1.00 bits per heavy atom. The second-order valence-corrected chi connectivity index (χ2v) is 12.2. The highest BCUT2D eigenvalue weighted by Crippen LogP contribution is 2.48. The number of nitrogens with zero attached hydrogens (tertiary/aromatic N) is 5. The Morgan fingerprint density at radius 2 is 1.69 bits per heavy atom. The Morgan fingerprint density at radius 3 is 2.31 bits per heavy atom. The topological polar surface area (TPSA) is 191 Å². The molecular weight excluding hydrogens is 711 g/mol. The van der Waals surface area contributed by atoms with Gasteiger partial charge in [-0.1, -0.05) is 23.7 Å². The number of carbonyl (C=O) groups excluding carboxylic acids is 4. The third-order valence-corrected chi connectivity index (χ3v) is 8.14. The van der Waals surface area contributed by atoms with Crippen LogP contribution in [0.4, 0.5) is 30.8 Å². The molecule has 1 aliphatic carbocycles. The summed E-state index contributed by atoms with van der Waals surface area (Å²) in [6, 6.07) is 11.2. The molecular formula is C33H33ClF3N9O6. The lowest BCUT2D eigenvalue weighted by atomic mass is 10.1. The van der Waals surface area contributed by atoms with Crippen LogP contribution < -0.4 is 26.0 Å². The summed E-state index contributed by atoms with van der Waals surface area (Å²) in [5.74, 6) is -2.76. The second-order valence-electron chi connectivity index (χ2n) is 11.7. The van der Waals surface area contributed by atoms with Gasteiger partial charge in [0.1, 0.15) is 11.9 Å². The van der Waals surface area contributed by atoms with Crippen LogP contribution in [0.3, 0.4) is 0 Å². The minimum Gasteiger partial charge on any atom is -0.467 e. The maximum absolute atomic E-state index is 13.0. The number of aromatic nitrogens is 5. The van der Waals surface area contributed by atoms with Crippen LogP contribution in [0, 0.1) is 0 Å². The van der Waals surface area contributed by atoms with Gasteiger partial charge in [-0.3, -0.25) is 14.4 Å². The molecule has 4 N–H and O–H groups in total. The van der Waals surface area contributed by atoms with E-state index >= 15 is 0 Å². The fourth-order valence-corrected chi connectivity index (χ4v) is 5.09. The van der Waals surface area contributed by atoms with E-state index < -0.39 is 53.9 Å². The Bertz CT molecular complexity index is 1920. The van der Waals surface area contributed by atoms with Gasteiger partial charge in [0.25, 0.3) is 11.8 Å². The van der Waals surface area contributed by atoms with Crippen molar-refractivity contribution >= 4 is 52.8 Å². The number of ether oxygens (including phenoxy) is 2. The molecule has 15 nitrogen and oxygen atoms in total. The standard InChI is InChI=1S/C33H33ClF3N9O6/c1-46-16-15-38-25(46)17-24(47)27(49)39-14-11-23(28(50)51-2)41-26(48)19-3-9-22(10-4-19)40-29-42-30(44-31(43-29)52-18-33(35,36)37)45-32(12-13-32)20-5-7-21(34)8-6-20/h3-10,15-16,23H,11-14,17-18H2,1-2H3,(H,39,49)(H,41,48)(H2,40,42,43,44,45)/t23-/m0/s1. The summed E-state index contributed by atoms with van der Waals surface area (Å²) >= 11 is 6.02. The molecule has 0 radical (unpaired) electrons. The maximum Gasteiger partial charge on any atom is 0.422 e. The normalized spacial score (nSPS) is 13.7. The van der Waals surface area contributed by atoms with Gasteiger partial charge in [-0.25, -0.2) is 9.78 Å². The summed E-state index contributed by atoms with van der Waals surface area (Å²) < 4.78 is 50.0. The average molecular weight is 744 g/mol. The Kier molecular flexibility index (Phi) is 11.6. The molecule has 0 bridgehead atoms. The Labute approximate surface area is 299 Å². The fourth-order valence-electron chi connectivity index (χ4n) is 4.96. The zero-order chi connectivity index (χ0) is 37.5. The van der Waals surface area contributed by atoms with Crippen molar-refractivity contribution in [3.05, 3.63) is 82.9 Å². The van der Waals surface area contributed by atoms with Gasteiger partial charge in [0, 0.05) is 42.3 Å². The first-order chi connectivity index (χ1) is 24.7. The molecule has 0 unspecified atom stereocenters. The number of alkyl halides is 3. The van der Waals surface area contributed by atoms with E-state index in [0.717, 1.165) is 12.7 Å². The minimum absolute atomic E-state index is 0.0272. The van der Waals surface area contributed by atoms with E-state index in [1.807, 2.05) is 12.1 Å². The predicted molar refractivity (Wildman–Crippen MR) is 180 cm³/mol. The first-order valence-electron chi connectivity index (χ1n) is 15.8. The number of esters is 1. The first-order valence-corrected chi connectivity index (χ1v) is 16.1. The van der Waals surface area contributed by atoms with Crippen LogP contribution in [0.25, 0.3) is 0 Å². The number of hydrogen-bond donors (Lipinski definition) is 4. The number of anilines is 3. The van der Waals surface area contributed by atoms with Crippen LogP contribution in [-0.2, 0) is 38.1 Å².